The molecule has 276 valence electrons. The summed E-state index contributed by atoms with van der Waals surface area (Å²) < 4.78 is 37.2. The van der Waals surface area contributed by atoms with E-state index >= 15 is 0 Å². The first-order valence-electron chi connectivity index (χ1n) is 19.5. The van der Waals surface area contributed by atoms with Crippen molar-refractivity contribution >= 4 is 10.4 Å². The van der Waals surface area contributed by atoms with E-state index in [0.29, 0.717) is 53.4 Å². The predicted molar refractivity (Wildman–Crippen MR) is 191 cm³/mol. The van der Waals surface area contributed by atoms with E-state index < -0.39 is 16.5 Å². The van der Waals surface area contributed by atoms with Crippen molar-refractivity contribution in [2.24, 2.45) is 58.0 Å². The van der Waals surface area contributed by atoms with E-state index in [1.54, 1.807) is 0 Å². The molecule has 0 aromatic heterocycles. The molecule has 10 heteroatoms. The molecule has 0 spiro atoms. The van der Waals surface area contributed by atoms with Gasteiger partial charge in [0.05, 0.1) is 12.2 Å². The molecule has 0 aromatic rings. The minimum Gasteiger partial charge on any atom is -0.393 e. The van der Waals surface area contributed by atoms with Crippen LogP contribution in [0.4, 0.5) is 0 Å². The minimum atomic E-state index is -4.46. The third kappa shape index (κ3) is 10.1. The van der Waals surface area contributed by atoms with Crippen molar-refractivity contribution in [2.75, 3.05) is 39.3 Å². The van der Waals surface area contributed by atoms with Gasteiger partial charge in [-0.3, -0.25) is 4.55 Å². The van der Waals surface area contributed by atoms with Gasteiger partial charge in [0.25, 0.3) is 0 Å². The van der Waals surface area contributed by atoms with Crippen LogP contribution in [0.25, 0.3) is 0 Å². The molecule has 9 nitrogen and oxygen atoms in total. The van der Waals surface area contributed by atoms with Gasteiger partial charge >= 0.3 is 10.4 Å². The van der Waals surface area contributed by atoms with Crippen LogP contribution >= 0.6 is 0 Å². The van der Waals surface area contributed by atoms with Gasteiger partial charge < -0.3 is 26.8 Å². The number of nitrogens with one attached hydrogen (secondary N) is 3. The van der Waals surface area contributed by atoms with Crippen LogP contribution in [-0.2, 0) is 14.6 Å². The Morgan fingerprint density at radius 2 is 1.47 bits per heavy atom. The molecule has 0 radical (unpaired) electrons. The fourth-order valence-corrected chi connectivity index (χ4v) is 11.8. The van der Waals surface area contributed by atoms with Gasteiger partial charge in [0.1, 0.15) is 0 Å². The van der Waals surface area contributed by atoms with Gasteiger partial charge in [-0.05, 0) is 181 Å². The maximum atomic E-state index is 11.8. The topological polar surface area (TPSA) is 146 Å². The van der Waals surface area contributed by atoms with Gasteiger partial charge in [-0.25, -0.2) is 4.18 Å². The molecular formula is C37H72N4O5S. The molecule has 4 unspecified atom stereocenters. The molecule has 4 aliphatic carbocycles. The zero-order chi connectivity index (χ0) is 34.2. The summed E-state index contributed by atoms with van der Waals surface area (Å²) in [6.07, 6.45) is 15.0. The van der Waals surface area contributed by atoms with Crippen LogP contribution < -0.4 is 21.7 Å². The molecule has 0 aliphatic heterocycles. The summed E-state index contributed by atoms with van der Waals surface area (Å²) in [6.45, 7) is 17.4. The zero-order valence-corrected chi connectivity index (χ0v) is 31.3. The lowest BCUT2D eigenvalue weighted by atomic mass is 9.43. The first-order chi connectivity index (χ1) is 22.3. The van der Waals surface area contributed by atoms with E-state index in [9.17, 15) is 18.1 Å². The fraction of sp³-hybridized carbons (Fsp3) is 1.00. The lowest BCUT2D eigenvalue weighted by molar-refractivity contribution is -0.167. The maximum Gasteiger partial charge on any atom is 0.397 e. The normalized spacial score (nSPS) is 36.9. The molecule has 4 fully saturated rings. The van der Waals surface area contributed by atoms with Crippen LogP contribution in [0.15, 0.2) is 0 Å². The Labute approximate surface area is 288 Å². The number of fused-ring (bicyclic) bond motifs is 5. The molecular weight excluding hydrogens is 612 g/mol. The SMILES string of the molecule is CC(C)[C@H](CC[C@H](C)C1CCC2C3C(CC[C@@]21C)[C@@]1(C)CC[C@H](NCCCNCCCCNCCCN)C[C@@H]1C[C@@H]3O)OS(=O)(=O)O. The highest BCUT2D eigenvalue weighted by molar-refractivity contribution is 7.80. The van der Waals surface area contributed by atoms with Gasteiger partial charge in [-0.15, -0.1) is 0 Å². The predicted octanol–water partition coefficient (Wildman–Crippen LogP) is 5.53. The fourth-order valence-electron chi connectivity index (χ4n) is 11.2. The average Bonchev–Trinajstić information content (AvgIpc) is 3.36. The van der Waals surface area contributed by atoms with Crippen molar-refractivity contribution in [3.63, 3.8) is 0 Å². The van der Waals surface area contributed by atoms with E-state index in [1.807, 2.05) is 13.8 Å². The Morgan fingerprint density at radius 3 is 2.13 bits per heavy atom. The summed E-state index contributed by atoms with van der Waals surface area (Å²) in [7, 11) is -4.46. The Morgan fingerprint density at radius 1 is 0.830 bits per heavy atom. The molecule has 7 N–H and O–H groups in total. The largest absolute Gasteiger partial charge is 0.397 e. The standard InChI is InChI=1S/C37H72N4O5S/c1-26(2)34(46-47(43,44)45)13-10-27(3)30-11-12-31-35-32(15-17-37(30,31)5)36(4)16-14-29(24-28(36)25-33(35)42)41-23-9-22-40-20-7-6-19-39-21-8-18-38/h26-35,39-42H,6-25,38H2,1-5H3,(H,43,44,45)/t27-,28+,29-,30?,31?,32?,33-,34-,35?,36-,37+/m0/s1. The first-order valence-corrected chi connectivity index (χ1v) is 20.8. The number of rotatable bonds is 20. The summed E-state index contributed by atoms with van der Waals surface area (Å²) >= 11 is 0. The summed E-state index contributed by atoms with van der Waals surface area (Å²) in [6, 6.07) is 0.571. The monoisotopic (exact) mass is 685 g/mol. The lowest BCUT2D eigenvalue weighted by Gasteiger charge is -2.62. The number of nitrogens with two attached hydrogens (primary N) is 1. The average molecular weight is 685 g/mol. The van der Waals surface area contributed by atoms with Crippen LogP contribution in [0.1, 0.15) is 125 Å². The van der Waals surface area contributed by atoms with Gasteiger partial charge in [0.15, 0.2) is 0 Å². The highest BCUT2D eigenvalue weighted by atomic mass is 32.3. The van der Waals surface area contributed by atoms with E-state index in [-0.39, 0.29) is 17.4 Å². The van der Waals surface area contributed by atoms with Crippen LogP contribution in [0.5, 0.6) is 0 Å². The maximum absolute atomic E-state index is 11.8. The van der Waals surface area contributed by atoms with E-state index in [2.05, 4.69) is 36.7 Å². The van der Waals surface area contributed by atoms with E-state index in [1.165, 1.54) is 57.8 Å². The van der Waals surface area contributed by atoms with Gasteiger partial charge in [0.2, 0.25) is 0 Å². The first kappa shape index (κ1) is 39.5. The number of hydrogen-bond donors (Lipinski definition) is 6. The molecule has 11 atom stereocenters. The molecule has 0 heterocycles. The highest BCUT2D eigenvalue weighted by Crippen LogP contribution is 2.68. The van der Waals surface area contributed by atoms with E-state index in [4.69, 9.17) is 9.92 Å². The minimum absolute atomic E-state index is 0.0137. The molecule has 4 rings (SSSR count). The molecule has 47 heavy (non-hydrogen) atoms. The third-order valence-electron chi connectivity index (χ3n) is 13.8. The highest BCUT2D eigenvalue weighted by Gasteiger charge is 2.62. The van der Waals surface area contributed by atoms with Crippen LogP contribution in [-0.4, -0.2) is 75.6 Å². The van der Waals surface area contributed by atoms with Gasteiger partial charge in [-0.2, -0.15) is 8.42 Å². The molecule has 0 amide bonds. The summed E-state index contributed by atoms with van der Waals surface area (Å²) in [4.78, 5) is 0. The molecule has 0 bridgehead atoms. The van der Waals surface area contributed by atoms with Crippen molar-refractivity contribution in [3.8, 4) is 0 Å². The number of unbranched alkanes of at least 4 members (excludes halogenated alkanes) is 1. The van der Waals surface area contributed by atoms with Crippen molar-refractivity contribution in [3.05, 3.63) is 0 Å². The van der Waals surface area contributed by atoms with Gasteiger partial charge in [0, 0.05) is 6.04 Å². The summed E-state index contributed by atoms with van der Waals surface area (Å²) in [5.74, 6) is 3.20. The second kappa shape index (κ2) is 17.7. The second-order valence-electron chi connectivity index (χ2n) is 17.0. The molecule has 4 aliphatic rings. The van der Waals surface area contributed by atoms with Crippen molar-refractivity contribution in [1.82, 2.24) is 16.0 Å². The van der Waals surface area contributed by atoms with Crippen LogP contribution in [0.3, 0.4) is 0 Å². The Kier molecular flexibility index (Phi) is 14.9. The lowest BCUT2D eigenvalue weighted by Crippen LogP contribution is -2.59. The summed E-state index contributed by atoms with van der Waals surface area (Å²) in [5.41, 5.74) is 6.08. The van der Waals surface area contributed by atoms with Crippen molar-refractivity contribution in [2.45, 2.75) is 143 Å². The van der Waals surface area contributed by atoms with Crippen molar-refractivity contribution < 1.29 is 22.3 Å². The Bertz CT molecular complexity index is 1050. The number of aliphatic hydroxyl groups excluding tert-OH is 1. The quantitative estimate of drug-likeness (QED) is 0.0720. The molecule has 0 aromatic carbocycles. The molecule has 4 saturated carbocycles. The van der Waals surface area contributed by atoms with Crippen LogP contribution in [0, 0.1) is 52.3 Å². The summed E-state index contributed by atoms with van der Waals surface area (Å²) in [5, 5.41) is 22.8. The molecule has 0 saturated heterocycles. The van der Waals surface area contributed by atoms with Crippen LogP contribution in [0.2, 0.25) is 0 Å². The number of aliphatic hydroxyl groups is 1. The smallest absolute Gasteiger partial charge is 0.393 e. The zero-order valence-electron chi connectivity index (χ0n) is 30.5. The van der Waals surface area contributed by atoms with Crippen molar-refractivity contribution in [1.29, 1.82) is 0 Å². The van der Waals surface area contributed by atoms with E-state index in [0.717, 1.165) is 65.0 Å². The van der Waals surface area contributed by atoms with Gasteiger partial charge in [-0.1, -0.05) is 34.6 Å². The third-order valence-corrected chi connectivity index (χ3v) is 14.3. The Balaban J connectivity index is 1.23. The second-order valence-corrected chi connectivity index (χ2v) is 18.1. The number of hydrogen-bond acceptors (Lipinski definition) is 8. The Hall–Kier alpha value is -0.330.